The molecular weight excluding hydrogens is 224 g/mol. The van der Waals surface area contributed by atoms with Crippen LogP contribution >= 0.6 is 0 Å². The molecule has 2 aromatic rings. The van der Waals surface area contributed by atoms with Crippen molar-refractivity contribution in [1.29, 1.82) is 0 Å². The van der Waals surface area contributed by atoms with Crippen LogP contribution in [-0.2, 0) is 6.54 Å². The van der Waals surface area contributed by atoms with Crippen LogP contribution in [0, 0.1) is 0 Å². The lowest BCUT2D eigenvalue weighted by atomic mass is 10.0. The van der Waals surface area contributed by atoms with Gasteiger partial charge in [0.15, 0.2) is 5.78 Å². The maximum atomic E-state index is 12.2. The third-order valence-corrected chi connectivity index (χ3v) is 3.80. The predicted molar refractivity (Wildman–Crippen MR) is 72.8 cm³/mol. The van der Waals surface area contributed by atoms with Gasteiger partial charge in [0.1, 0.15) is 0 Å². The second-order valence-corrected chi connectivity index (χ2v) is 4.92. The number of aromatic nitrogens is 1. The monoisotopic (exact) mass is 242 g/mol. The van der Waals surface area contributed by atoms with E-state index in [-0.39, 0.29) is 5.78 Å². The zero-order valence-corrected chi connectivity index (χ0v) is 10.7. The highest BCUT2D eigenvalue weighted by Gasteiger charge is 2.21. The molecule has 0 saturated carbocycles. The van der Waals surface area contributed by atoms with Gasteiger partial charge in [-0.2, -0.15) is 0 Å². The molecule has 0 radical (unpaired) electrons. The molecule has 0 fully saturated rings. The molecule has 1 aliphatic heterocycles. The van der Waals surface area contributed by atoms with Crippen molar-refractivity contribution in [3.05, 3.63) is 35.5 Å². The van der Waals surface area contributed by atoms with Crippen molar-refractivity contribution in [3.8, 4) is 0 Å². The minimum atomic E-state index is 0.261. The average Bonchev–Trinajstić information content (AvgIpc) is 2.74. The van der Waals surface area contributed by atoms with Crippen LogP contribution in [0.1, 0.15) is 35.8 Å². The molecule has 0 unspecified atom stereocenters. The number of nitrogens with zero attached hydrogens (tertiary/aromatic N) is 1. The van der Waals surface area contributed by atoms with Gasteiger partial charge in [0, 0.05) is 29.4 Å². The summed E-state index contributed by atoms with van der Waals surface area (Å²) >= 11 is 0. The van der Waals surface area contributed by atoms with Crippen molar-refractivity contribution in [1.82, 2.24) is 9.88 Å². The number of benzene rings is 1. The minimum absolute atomic E-state index is 0.261. The van der Waals surface area contributed by atoms with Crippen LogP contribution in [0.5, 0.6) is 0 Å². The first kappa shape index (κ1) is 11.5. The van der Waals surface area contributed by atoms with E-state index in [1.165, 1.54) is 10.9 Å². The summed E-state index contributed by atoms with van der Waals surface area (Å²) in [5.41, 5.74) is 3.08. The molecule has 94 valence electrons. The average molecular weight is 242 g/mol. The number of para-hydroxylation sites is 1. The highest BCUT2D eigenvalue weighted by atomic mass is 16.1. The number of aromatic amines is 1. The minimum Gasteiger partial charge on any atom is -0.352 e. The fourth-order valence-electron chi connectivity index (χ4n) is 2.76. The molecule has 0 bridgehead atoms. The summed E-state index contributed by atoms with van der Waals surface area (Å²) in [6.45, 7) is 5.11. The largest absolute Gasteiger partial charge is 0.352 e. The van der Waals surface area contributed by atoms with Crippen molar-refractivity contribution < 1.29 is 4.79 Å². The Morgan fingerprint density at radius 3 is 3.00 bits per heavy atom. The lowest BCUT2D eigenvalue weighted by Crippen LogP contribution is -2.27. The zero-order valence-electron chi connectivity index (χ0n) is 10.7. The molecule has 0 spiro atoms. The highest BCUT2D eigenvalue weighted by Crippen LogP contribution is 2.26. The maximum absolute atomic E-state index is 12.2. The van der Waals surface area contributed by atoms with Crippen molar-refractivity contribution in [3.63, 3.8) is 0 Å². The van der Waals surface area contributed by atoms with E-state index >= 15 is 0 Å². The summed E-state index contributed by atoms with van der Waals surface area (Å²) < 4.78 is 0. The number of carbonyl (C=O) groups excluding carboxylic acids is 1. The Morgan fingerprint density at radius 2 is 2.17 bits per heavy atom. The molecule has 1 aromatic carbocycles. The van der Waals surface area contributed by atoms with Gasteiger partial charge in [-0.3, -0.25) is 9.69 Å². The molecule has 0 amide bonds. The Bertz CT molecular complexity index is 585. The number of nitrogens with one attached hydrogen (secondary N) is 1. The number of fused-ring (bicyclic) bond motifs is 3. The number of hydrogen-bond acceptors (Lipinski definition) is 2. The van der Waals surface area contributed by atoms with Gasteiger partial charge in [-0.15, -0.1) is 0 Å². The van der Waals surface area contributed by atoms with Crippen LogP contribution in [0.25, 0.3) is 10.9 Å². The third-order valence-electron chi connectivity index (χ3n) is 3.80. The van der Waals surface area contributed by atoms with Gasteiger partial charge in [0.25, 0.3) is 0 Å². The van der Waals surface area contributed by atoms with E-state index in [0.29, 0.717) is 6.42 Å². The van der Waals surface area contributed by atoms with E-state index in [1.807, 2.05) is 18.2 Å². The third kappa shape index (κ3) is 1.85. The summed E-state index contributed by atoms with van der Waals surface area (Å²) in [6.07, 6.45) is 1.61. The van der Waals surface area contributed by atoms with Gasteiger partial charge < -0.3 is 4.98 Å². The SMILES string of the molecule is CCN1CCCC(=O)c2[nH]c3ccccc3c2C1. The second kappa shape index (κ2) is 4.58. The number of H-pyrrole nitrogens is 1. The van der Waals surface area contributed by atoms with Gasteiger partial charge >= 0.3 is 0 Å². The molecule has 2 heterocycles. The number of carbonyl (C=O) groups is 1. The van der Waals surface area contributed by atoms with Crippen molar-refractivity contribution in [2.75, 3.05) is 13.1 Å². The van der Waals surface area contributed by atoms with Crippen LogP contribution < -0.4 is 0 Å². The van der Waals surface area contributed by atoms with Gasteiger partial charge in [-0.05, 0) is 25.6 Å². The standard InChI is InChI=1S/C15H18N2O/c1-2-17-9-5-8-14(18)15-12(10-17)11-6-3-4-7-13(11)16-15/h3-4,6-7,16H,2,5,8-10H2,1H3. The van der Waals surface area contributed by atoms with Gasteiger partial charge in [-0.1, -0.05) is 25.1 Å². The second-order valence-electron chi connectivity index (χ2n) is 4.92. The Morgan fingerprint density at radius 1 is 1.33 bits per heavy atom. The molecule has 3 heteroatoms. The van der Waals surface area contributed by atoms with E-state index in [4.69, 9.17) is 0 Å². The summed E-state index contributed by atoms with van der Waals surface area (Å²) in [6, 6.07) is 8.20. The smallest absolute Gasteiger partial charge is 0.179 e. The van der Waals surface area contributed by atoms with Gasteiger partial charge in [-0.25, -0.2) is 0 Å². The summed E-state index contributed by atoms with van der Waals surface area (Å²) in [5.74, 6) is 0.261. The fraction of sp³-hybridized carbons (Fsp3) is 0.400. The van der Waals surface area contributed by atoms with E-state index in [9.17, 15) is 4.79 Å². The topological polar surface area (TPSA) is 36.1 Å². The van der Waals surface area contributed by atoms with E-state index in [0.717, 1.165) is 37.3 Å². The maximum Gasteiger partial charge on any atom is 0.179 e. The summed E-state index contributed by atoms with van der Waals surface area (Å²) in [7, 11) is 0. The molecule has 0 saturated heterocycles. The van der Waals surface area contributed by atoms with Crippen LogP contribution in [0.15, 0.2) is 24.3 Å². The molecule has 1 N–H and O–H groups in total. The van der Waals surface area contributed by atoms with E-state index in [2.05, 4.69) is 22.9 Å². The molecular formula is C15H18N2O. The Balaban J connectivity index is 2.16. The van der Waals surface area contributed by atoms with Crippen molar-refractivity contribution in [2.24, 2.45) is 0 Å². The molecule has 1 aromatic heterocycles. The van der Waals surface area contributed by atoms with Gasteiger partial charge in [0.2, 0.25) is 0 Å². The lowest BCUT2D eigenvalue weighted by molar-refractivity contribution is 0.0961. The van der Waals surface area contributed by atoms with E-state index in [1.54, 1.807) is 0 Å². The quantitative estimate of drug-likeness (QED) is 0.834. The first-order valence-electron chi connectivity index (χ1n) is 6.64. The molecule has 18 heavy (non-hydrogen) atoms. The number of hydrogen-bond donors (Lipinski definition) is 1. The molecule has 3 rings (SSSR count). The van der Waals surface area contributed by atoms with Gasteiger partial charge in [0.05, 0.1) is 5.69 Å². The summed E-state index contributed by atoms with van der Waals surface area (Å²) in [4.78, 5) is 17.9. The van der Waals surface area contributed by atoms with Crippen LogP contribution in [-0.4, -0.2) is 28.8 Å². The molecule has 1 aliphatic rings. The number of Topliss-reactive ketones (excluding diaryl/α,β-unsaturated/α-hetero) is 1. The van der Waals surface area contributed by atoms with Crippen molar-refractivity contribution >= 4 is 16.7 Å². The Kier molecular flexibility index (Phi) is 2.92. The van der Waals surface area contributed by atoms with E-state index < -0.39 is 0 Å². The highest BCUT2D eigenvalue weighted by molar-refractivity contribution is 6.02. The first-order chi connectivity index (χ1) is 8.79. The Labute approximate surface area is 107 Å². The summed E-state index contributed by atoms with van der Waals surface area (Å²) in [5, 5.41) is 1.20. The normalized spacial score (nSPS) is 17.5. The molecule has 0 atom stereocenters. The molecule has 0 aliphatic carbocycles. The molecule has 3 nitrogen and oxygen atoms in total. The zero-order chi connectivity index (χ0) is 12.5. The number of ketones is 1. The van der Waals surface area contributed by atoms with Crippen LogP contribution in [0.3, 0.4) is 0 Å². The fourth-order valence-corrected chi connectivity index (χ4v) is 2.76. The van der Waals surface area contributed by atoms with Crippen molar-refractivity contribution in [2.45, 2.75) is 26.3 Å². The Hall–Kier alpha value is -1.61. The number of rotatable bonds is 1. The first-order valence-corrected chi connectivity index (χ1v) is 6.64. The lowest BCUT2D eigenvalue weighted by Gasteiger charge is -2.22. The van der Waals surface area contributed by atoms with Crippen LogP contribution in [0.4, 0.5) is 0 Å². The predicted octanol–water partition coefficient (Wildman–Crippen LogP) is 2.97. The van der Waals surface area contributed by atoms with Crippen LogP contribution in [0.2, 0.25) is 0 Å².